The summed E-state index contributed by atoms with van der Waals surface area (Å²) in [6, 6.07) is 4.05. The first-order chi connectivity index (χ1) is 4.70. The lowest BCUT2D eigenvalue weighted by Gasteiger charge is -2.01. The van der Waals surface area contributed by atoms with Crippen LogP contribution in [0.2, 0.25) is 0 Å². The molecule has 2 heteroatoms. The molecule has 0 aromatic carbocycles. The van der Waals surface area contributed by atoms with Gasteiger partial charge in [0.15, 0.2) is 0 Å². The molecule has 0 amide bonds. The first-order valence-corrected chi connectivity index (χ1v) is 4.11. The second kappa shape index (κ2) is 3.15. The van der Waals surface area contributed by atoms with Gasteiger partial charge in [-0.3, -0.25) is 4.98 Å². The van der Waals surface area contributed by atoms with Crippen molar-refractivity contribution in [1.82, 2.24) is 4.98 Å². The molecule has 0 radical (unpaired) electrons. The number of halogens is 1. The standard InChI is InChI=1S/C8H10BrN/c1-6(2)8-4-3-7(9)5-10-8/h3-6H,1-2H3. The average Bonchev–Trinajstić information content (AvgIpc) is 1.88. The second-order valence-electron chi connectivity index (χ2n) is 2.56. The normalized spacial score (nSPS) is 10.4. The smallest absolute Gasteiger partial charge is 0.0429 e. The highest BCUT2D eigenvalue weighted by Gasteiger charge is 1.97. The van der Waals surface area contributed by atoms with Crippen molar-refractivity contribution < 1.29 is 0 Å². The quantitative estimate of drug-likeness (QED) is 0.679. The summed E-state index contributed by atoms with van der Waals surface area (Å²) in [5, 5.41) is 0. The molecule has 0 aliphatic heterocycles. The molecular weight excluding hydrogens is 190 g/mol. The maximum absolute atomic E-state index is 4.23. The van der Waals surface area contributed by atoms with Crippen molar-refractivity contribution in [3.63, 3.8) is 0 Å². The number of aromatic nitrogens is 1. The highest BCUT2D eigenvalue weighted by Crippen LogP contribution is 2.13. The Morgan fingerprint density at radius 1 is 1.40 bits per heavy atom. The Morgan fingerprint density at radius 3 is 2.50 bits per heavy atom. The van der Waals surface area contributed by atoms with E-state index in [1.807, 2.05) is 18.3 Å². The summed E-state index contributed by atoms with van der Waals surface area (Å²) in [7, 11) is 0. The van der Waals surface area contributed by atoms with Crippen molar-refractivity contribution in [2.45, 2.75) is 19.8 Å². The van der Waals surface area contributed by atoms with Gasteiger partial charge in [0.2, 0.25) is 0 Å². The van der Waals surface area contributed by atoms with E-state index in [9.17, 15) is 0 Å². The fourth-order valence-corrected chi connectivity index (χ4v) is 0.963. The highest BCUT2D eigenvalue weighted by molar-refractivity contribution is 9.10. The third-order valence-electron chi connectivity index (χ3n) is 1.34. The summed E-state index contributed by atoms with van der Waals surface area (Å²) in [6.45, 7) is 4.27. The predicted molar refractivity (Wildman–Crippen MR) is 46.0 cm³/mol. The van der Waals surface area contributed by atoms with Crippen molar-refractivity contribution in [3.05, 3.63) is 28.5 Å². The molecule has 1 aromatic rings. The maximum Gasteiger partial charge on any atom is 0.0429 e. The molecule has 0 unspecified atom stereocenters. The number of nitrogens with zero attached hydrogens (tertiary/aromatic N) is 1. The van der Waals surface area contributed by atoms with Gasteiger partial charge in [-0.25, -0.2) is 0 Å². The molecule has 0 bridgehead atoms. The molecule has 1 nitrogen and oxygen atoms in total. The highest BCUT2D eigenvalue weighted by atomic mass is 79.9. The van der Waals surface area contributed by atoms with Crippen LogP contribution in [-0.2, 0) is 0 Å². The average molecular weight is 200 g/mol. The Kier molecular flexibility index (Phi) is 2.44. The molecule has 54 valence electrons. The van der Waals surface area contributed by atoms with E-state index in [4.69, 9.17) is 0 Å². The minimum absolute atomic E-state index is 0.521. The molecule has 0 saturated heterocycles. The fraction of sp³-hybridized carbons (Fsp3) is 0.375. The zero-order valence-corrected chi connectivity index (χ0v) is 7.72. The van der Waals surface area contributed by atoms with E-state index in [0.29, 0.717) is 5.92 Å². The molecular formula is C8H10BrN. The lowest BCUT2D eigenvalue weighted by atomic mass is 10.1. The number of hydrogen-bond donors (Lipinski definition) is 0. The van der Waals surface area contributed by atoms with Crippen molar-refractivity contribution in [3.8, 4) is 0 Å². The molecule has 0 spiro atoms. The van der Waals surface area contributed by atoms with Gasteiger partial charge in [-0.2, -0.15) is 0 Å². The minimum atomic E-state index is 0.521. The molecule has 10 heavy (non-hydrogen) atoms. The molecule has 0 atom stereocenters. The van der Waals surface area contributed by atoms with Crippen LogP contribution in [0.3, 0.4) is 0 Å². The van der Waals surface area contributed by atoms with E-state index < -0.39 is 0 Å². The second-order valence-corrected chi connectivity index (χ2v) is 3.47. The molecule has 0 fully saturated rings. The van der Waals surface area contributed by atoms with Gasteiger partial charge in [-0.1, -0.05) is 13.8 Å². The largest absolute Gasteiger partial charge is 0.260 e. The Hall–Kier alpha value is -0.370. The topological polar surface area (TPSA) is 12.9 Å². The predicted octanol–water partition coefficient (Wildman–Crippen LogP) is 2.97. The van der Waals surface area contributed by atoms with Crippen molar-refractivity contribution in [1.29, 1.82) is 0 Å². The first-order valence-electron chi connectivity index (χ1n) is 3.31. The Balaban J connectivity index is 2.89. The van der Waals surface area contributed by atoms with Crippen molar-refractivity contribution in [2.75, 3.05) is 0 Å². The van der Waals surface area contributed by atoms with Crippen LogP contribution in [0.15, 0.2) is 22.8 Å². The van der Waals surface area contributed by atoms with Crippen LogP contribution >= 0.6 is 15.9 Å². The third-order valence-corrected chi connectivity index (χ3v) is 1.81. The molecule has 1 heterocycles. The van der Waals surface area contributed by atoms with Gasteiger partial charge in [0.05, 0.1) is 0 Å². The summed E-state index contributed by atoms with van der Waals surface area (Å²) in [6.07, 6.45) is 1.83. The lowest BCUT2D eigenvalue weighted by Crippen LogP contribution is -1.89. The lowest BCUT2D eigenvalue weighted by molar-refractivity contribution is 0.822. The van der Waals surface area contributed by atoms with Crippen molar-refractivity contribution in [2.24, 2.45) is 0 Å². The van der Waals surface area contributed by atoms with E-state index in [-0.39, 0.29) is 0 Å². The van der Waals surface area contributed by atoms with Crippen LogP contribution in [0, 0.1) is 0 Å². The summed E-state index contributed by atoms with van der Waals surface area (Å²) in [4.78, 5) is 4.23. The third kappa shape index (κ3) is 1.81. The minimum Gasteiger partial charge on any atom is -0.260 e. The van der Waals surface area contributed by atoms with E-state index >= 15 is 0 Å². The molecule has 1 rings (SSSR count). The van der Waals surface area contributed by atoms with Gasteiger partial charge in [-0.15, -0.1) is 0 Å². The van der Waals surface area contributed by atoms with Gasteiger partial charge < -0.3 is 0 Å². The summed E-state index contributed by atoms with van der Waals surface area (Å²) >= 11 is 3.33. The number of pyridine rings is 1. The Bertz CT molecular complexity index is 203. The molecule has 0 N–H and O–H groups in total. The van der Waals surface area contributed by atoms with Crippen molar-refractivity contribution >= 4 is 15.9 Å². The van der Waals surface area contributed by atoms with Crippen LogP contribution in [0.25, 0.3) is 0 Å². The van der Waals surface area contributed by atoms with E-state index in [0.717, 1.165) is 10.2 Å². The van der Waals surface area contributed by atoms with Gasteiger partial charge in [-0.05, 0) is 34.0 Å². The van der Waals surface area contributed by atoms with Gasteiger partial charge >= 0.3 is 0 Å². The molecule has 0 aliphatic rings. The monoisotopic (exact) mass is 199 g/mol. The van der Waals surface area contributed by atoms with E-state index in [2.05, 4.69) is 34.8 Å². The van der Waals surface area contributed by atoms with E-state index in [1.165, 1.54) is 0 Å². The van der Waals surface area contributed by atoms with Crippen LogP contribution in [0.5, 0.6) is 0 Å². The molecule has 0 saturated carbocycles. The van der Waals surface area contributed by atoms with Crippen LogP contribution < -0.4 is 0 Å². The molecule has 1 aromatic heterocycles. The SMILES string of the molecule is CC(C)c1ccc(Br)cn1. The zero-order chi connectivity index (χ0) is 7.56. The van der Waals surface area contributed by atoms with Gasteiger partial charge in [0.1, 0.15) is 0 Å². The zero-order valence-electron chi connectivity index (χ0n) is 6.13. The fourth-order valence-electron chi connectivity index (χ4n) is 0.729. The molecule has 0 aliphatic carbocycles. The first kappa shape index (κ1) is 7.73. The van der Waals surface area contributed by atoms with E-state index in [1.54, 1.807) is 0 Å². The van der Waals surface area contributed by atoms with Crippen LogP contribution in [0.4, 0.5) is 0 Å². The summed E-state index contributed by atoms with van der Waals surface area (Å²) in [5.41, 5.74) is 1.14. The summed E-state index contributed by atoms with van der Waals surface area (Å²) in [5.74, 6) is 0.521. The number of rotatable bonds is 1. The Labute approximate surface area is 69.6 Å². The van der Waals surface area contributed by atoms with Crippen LogP contribution in [-0.4, -0.2) is 4.98 Å². The maximum atomic E-state index is 4.23. The van der Waals surface area contributed by atoms with Gasteiger partial charge in [0, 0.05) is 16.4 Å². The summed E-state index contributed by atoms with van der Waals surface area (Å²) < 4.78 is 1.04. The number of hydrogen-bond acceptors (Lipinski definition) is 1. The van der Waals surface area contributed by atoms with Gasteiger partial charge in [0.25, 0.3) is 0 Å². The van der Waals surface area contributed by atoms with Crippen LogP contribution in [0.1, 0.15) is 25.5 Å². The Morgan fingerprint density at radius 2 is 2.10 bits per heavy atom.